The smallest absolute Gasteiger partial charge is 0.306 e. The maximum atomic E-state index is 12.0. The maximum absolute atomic E-state index is 12.0. The maximum Gasteiger partial charge on any atom is 0.306 e. The number of nitrogens with zero attached hydrogens (tertiary/aromatic N) is 1. The standard InChI is InChI=1S/C11H20N2O5S/c14-10(15)9-2-6-13(7-3-9)19(17,18)12-8-11(16)4-1-5-11/h9,12,16H,1-8H2,(H,14,15). The molecule has 110 valence electrons. The van der Waals surface area contributed by atoms with Crippen molar-refractivity contribution in [2.24, 2.45) is 5.92 Å². The van der Waals surface area contributed by atoms with E-state index in [1.165, 1.54) is 4.31 Å². The van der Waals surface area contributed by atoms with Gasteiger partial charge in [0.2, 0.25) is 0 Å². The van der Waals surface area contributed by atoms with E-state index in [1.54, 1.807) is 0 Å². The summed E-state index contributed by atoms with van der Waals surface area (Å²) in [5.74, 6) is -1.32. The van der Waals surface area contributed by atoms with Crippen LogP contribution < -0.4 is 4.72 Å². The summed E-state index contributed by atoms with van der Waals surface area (Å²) in [6.07, 6.45) is 2.83. The average molecular weight is 292 g/mol. The molecule has 8 heteroatoms. The van der Waals surface area contributed by atoms with Crippen LogP contribution in [0.1, 0.15) is 32.1 Å². The molecule has 0 spiro atoms. The molecule has 0 aromatic rings. The molecule has 7 nitrogen and oxygen atoms in total. The fourth-order valence-corrected chi connectivity index (χ4v) is 3.75. The molecule has 2 fully saturated rings. The second-order valence-electron chi connectivity index (χ2n) is 5.42. The van der Waals surface area contributed by atoms with Crippen LogP contribution in [-0.2, 0) is 15.0 Å². The van der Waals surface area contributed by atoms with Crippen LogP contribution >= 0.6 is 0 Å². The van der Waals surface area contributed by atoms with Gasteiger partial charge in [0.05, 0.1) is 11.5 Å². The Balaban J connectivity index is 1.85. The van der Waals surface area contributed by atoms with Gasteiger partial charge < -0.3 is 10.2 Å². The number of rotatable bonds is 5. The molecule has 1 heterocycles. The van der Waals surface area contributed by atoms with Gasteiger partial charge in [-0.1, -0.05) is 0 Å². The van der Waals surface area contributed by atoms with Crippen LogP contribution in [0.3, 0.4) is 0 Å². The summed E-state index contributed by atoms with van der Waals surface area (Å²) in [5.41, 5.74) is -0.896. The molecular formula is C11H20N2O5S. The Morgan fingerprint density at radius 1 is 1.32 bits per heavy atom. The molecule has 0 radical (unpaired) electrons. The summed E-state index contributed by atoms with van der Waals surface area (Å²) in [5, 5.41) is 18.7. The van der Waals surface area contributed by atoms with Gasteiger partial charge in [-0.25, -0.2) is 0 Å². The van der Waals surface area contributed by atoms with Crippen LogP contribution in [0.2, 0.25) is 0 Å². The van der Waals surface area contributed by atoms with Crippen molar-refractivity contribution in [1.29, 1.82) is 0 Å². The number of nitrogens with one attached hydrogen (secondary N) is 1. The quantitative estimate of drug-likeness (QED) is 0.635. The number of carboxylic acids is 1. The molecule has 1 saturated heterocycles. The lowest BCUT2D eigenvalue weighted by molar-refractivity contribution is -0.142. The minimum atomic E-state index is -3.61. The van der Waals surface area contributed by atoms with E-state index in [0.29, 0.717) is 25.7 Å². The van der Waals surface area contributed by atoms with Crippen molar-refractivity contribution >= 4 is 16.2 Å². The first-order valence-corrected chi connectivity index (χ1v) is 7.96. The molecule has 0 amide bonds. The lowest BCUT2D eigenvalue weighted by Crippen LogP contribution is -2.52. The normalized spacial score (nSPS) is 24.9. The van der Waals surface area contributed by atoms with Crippen LogP contribution in [-0.4, -0.2) is 54.1 Å². The summed E-state index contributed by atoms with van der Waals surface area (Å²) in [6.45, 7) is 0.462. The summed E-state index contributed by atoms with van der Waals surface area (Å²) in [6, 6.07) is 0. The van der Waals surface area contributed by atoms with Gasteiger partial charge in [-0.3, -0.25) is 4.79 Å². The minimum absolute atomic E-state index is 0.0359. The number of aliphatic hydroxyl groups is 1. The van der Waals surface area contributed by atoms with Crippen molar-refractivity contribution in [2.75, 3.05) is 19.6 Å². The topological polar surface area (TPSA) is 107 Å². The highest BCUT2D eigenvalue weighted by Crippen LogP contribution is 2.31. The lowest BCUT2D eigenvalue weighted by Gasteiger charge is -2.37. The molecule has 0 unspecified atom stereocenters. The molecule has 0 aromatic heterocycles. The molecule has 1 aliphatic heterocycles. The number of carboxylic acid groups (broad SMARTS) is 1. The Labute approximate surface area is 112 Å². The largest absolute Gasteiger partial charge is 0.481 e. The SMILES string of the molecule is O=C(O)C1CCN(S(=O)(=O)NCC2(O)CCC2)CC1. The van der Waals surface area contributed by atoms with Crippen molar-refractivity contribution in [2.45, 2.75) is 37.7 Å². The van der Waals surface area contributed by atoms with Crippen molar-refractivity contribution in [3.05, 3.63) is 0 Å². The first-order chi connectivity index (χ1) is 8.82. The van der Waals surface area contributed by atoms with E-state index in [9.17, 15) is 18.3 Å². The Hall–Kier alpha value is -0.700. The predicted octanol–water partition coefficient (Wildman–Crippen LogP) is -0.468. The molecule has 0 aromatic carbocycles. The Bertz CT molecular complexity index is 438. The van der Waals surface area contributed by atoms with Gasteiger partial charge in [0.25, 0.3) is 10.2 Å². The fraction of sp³-hybridized carbons (Fsp3) is 0.909. The fourth-order valence-electron chi connectivity index (χ4n) is 2.42. The molecule has 2 rings (SSSR count). The molecule has 0 atom stereocenters. The van der Waals surface area contributed by atoms with Crippen LogP contribution in [0, 0.1) is 5.92 Å². The van der Waals surface area contributed by atoms with Gasteiger partial charge >= 0.3 is 5.97 Å². The van der Waals surface area contributed by atoms with Crippen LogP contribution in [0.25, 0.3) is 0 Å². The third kappa shape index (κ3) is 3.44. The number of aliphatic carboxylic acids is 1. The zero-order valence-corrected chi connectivity index (χ0v) is 11.5. The molecule has 1 saturated carbocycles. The highest BCUT2D eigenvalue weighted by Gasteiger charge is 2.37. The number of piperidine rings is 1. The molecule has 2 aliphatic rings. The van der Waals surface area contributed by atoms with Gasteiger partial charge in [-0.2, -0.15) is 17.4 Å². The summed E-state index contributed by atoms with van der Waals surface area (Å²) in [7, 11) is -3.61. The van der Waals surface area contributed by atoms with Gasteiger partial charge in [0, 0.05) is 19.6 Å². The Morgan fingerprint density at radius 3 is 2.32 bits per heavy atom. The Morgan fingerprint density at radius 2 is 1.89 bits per heavy atom. The van der Waals surface area contributed by atoms with Crippen molar-refractivity contribution < 1.29 is 23.4 Å². The van der Waals surface area contributed by atoms with Crippen molar-refractivity contribution in [1.82, 2.24) is 9.03 Å². The third-order valence-electron chi connectivity index (χ3n) is 4.01. The minimum Gasteiger partial charge on any atom is -0.481 e. The number of hydrogen-bond donors (Lipinski definition) is 3. The zero-order chi connectivity index (χ0) is 14.1. The molecule has 3 N–H and O–H groups in total. The van der Waals surface area contributed by atoms with Gasteiger partial charge in [-0.05, 0) is 32.1 Å². The van der Waals surface area contributed by atoms with E-state index in [4.69, 9.17) is 5.11 Å². The van der Waals surface area contributed by atoms with E-state index < -0.39 is 27.7 Å². The van der Waals surface area contributed by atoms with E-state index >= 15 is 0 Å². The zero-order valence-electron chi connectivity index (χ0n) is 10.7. The number of hydrogen-bond acceptors (Lipinski definition) is 4. The molecule has 19 heavy (non-hydrogen) atoms. The molecule has 0 bridgehead atoms. The van der Waals surface area contributed by atoms with Gasteiger partial charge in [-0.15, -0.1) is 0 Å². The number of carbonyl (C=O) groups is 1. The van der Waals surface area contributed by atoms with E-state index in [0.717, 1.165) is 6.42 Å². The monoisotopic (exact) mass is 292 g/mol. The first kappa shape index (κ1) is 14.7. The third-order valence-corrected chi connectivity index (χ3v) is 5.57. The summed E-state index contributed by atoms with van der Waals surface area (Å²) >= 11 is 0. The Kier molecular flexibility index (Phi) is 4.14. The van der Waals surface area contributed by atoms with E-state index in [1.807, 2.05) is 0 Å². The van der Waals surface area contributed by atoms with Gasteiger partial charge in [0.1, 0.15) is 0 Å². The van der Waals surface area contributed by atoms with Crippen molar-refractivity contribution in [3.8, 4) is 0 Å². The van der Waals surface area contributed by atoms with Crippen molar-refractivity contribution in [3.63, 3.8) is 0 Å². The molecule has 1 aliphatic carbocycles. The van der Waals surface area contributed by atoms with Gasteiger partial charge in [0.15, 0.2) is 0 Å². The highest BCUT2D eigenvalue weighted by molar-refractivity contribution is 7.87. The second kappa shape index (κ2) is 5.35. The lowest BCUT2D eigenvalue weighted by atomic mass is 9.81. The summed E-state index contributed by atoms with van der Waals surface area (Å²) < 4.78 is 27.7. The predicted molar refractivity (Wildman–Crippen MR) is 67.7 cm³/mol. The van der Waals surface area contributed by atoms with E-state index in [2.05, 4.69) is 4.72 Å². The average Bonchev–Trinajstić information content (AvgIpc) is 2.34. The molecular weight excluding hydrogens is 272 g/mol. The summed E-state index contributed by atoms with van der Waals surface area (Å²) in [4.78, 5) is 10.8. The van der Waals surface area contributed by atoms with Crippen LogP contribution in [0.5, 0.6) is 0 Å². The van der Waals surface area contributed by atoms with E-state index in [-0.39, 0.29) is 19.6 Å². The van der Waals surface area contributed by atoms with Crippen LogP contribution in [0.15, 0.2) is 0 Å². The highest BCUT2D eigenvalue weighted by atomic mass is 32.2. The second-order valence-corrected chi connectivity index (χ2v) is 7.17. The first-order valence-electron chi connectivity index (χ1n) is 6.52. The van der Waals surface area contributed by atoms with Crippen LogP contribution in [0.4, 0.5) is 0 Å².